The summed E-state index contributed by atoms with van der Waals surface area (Å²) < 4.78 is 0. The molecule has 0 aromatic carbocycles. The number of hydrogen-bond acceptors (Lipinski definition) is 0. The minimum Gasteiger partial charge on any atom is -0.234 e. The van der Waals surface area contributed by atoms with Gasteiger partial charge in [-0.3, -0.25) is 0 Å². The van der Waals surface area contributed by atoms with E-state index in [9.17, 15) is 0 Å². The molecule has 38 valence electrons. The van der Waals surface area contributed by atoms with Crippen LogP contribution in [0.3, 0.4) is 0 Å². The summed E-state index contributed by atoms with van der Waals surface area (Å²) in [6.45, 7) is 9.01. The molecule has 0 rings (SSSR count). The smallest absolute Gasteiger partial charge is 0.00729 e. The quantitative estimate of drug-likeness (QED) is 0.316. The molecule has 7 heavy (non-hydrogen) atoms. The van der Waals surface area contributed by atoms with Crippen molar-refractivity contribution < 1.29 is 0 Å². The molecule has 0 unspecified atom stereocenters. The van der Waals surface area contributed by atoms with E-state index in [0.29, 0.717) is 5.57 Å². The fourth-order valence-corrected chi connectivity index (χ4v) is 0.213. The first-order valence-electron chi connectivity index (χ1n) is 2.27. The Morgan fingerprint density at radius 2 is 2.43 bits per heavy atom. The molecule has 0 heterocycles. The van der Waals surface area contributed by atoms with Gasteiger partial charge in [0.2, 0.25) is 0 Å². The van der Waals surface area contributed by atoms with E-state index in [4.69, 9.17) is 0 Å². The third kappa shape index (κ3) is 5.17. The largest absolute Gasteiger partial charge is 0.234 e. The van der Waals surface area contributed by atoms with E-state index >= 15 is 0 Å². The molecule has 0 aliphatic carbocycles. The van der Waals surface area contributed by atoms with Crippen LogP contribution >= 0.6 is 0 Å². The van der Waals surface area contributed by atoms with Crippen molar-refractivity contribution in [3.8, 4) is 11.8 Å². The van der Waals surface area contributed by atoms with Crippen molar-refractivity contribution in [3.63, 3.8) is 0 Å². The van der Waals surface area contributed by atoms with Crippen molar-refractivity contribution in [3.05, 3.63) is 19.1 Å². The molecule has 0 saturated heterocycles. The van der Waals surface area contributed by atoms with Gasteiger partial charge in [0.05, 0.1) is 0 Å². The number of rotatable bonds is 0. The van der Waals surface area contributed by atoms with Crippen LogP contribution in [0.5, 0.6) is 0 Å². The van der Waals surface area contributed by atoms with E-state index < -0.39 is 0 Å². The molecule has 0 aromatic rings. The molecule has 0 aromatic heterocycles. The Hall–Kier alpha value is -0.830. The summed E-state index contributed by atoms with van der Waals surface area (Å²) in [6.07, 6.45) is 0.883. The summed E-state index contributed by atoms with van der Waals surface area (Å²) in [7, 11) is 0. The summed E-state index contributed by atoms with van der Waals surface area (Å²) in [4.78, 5) is 0. The first kappa shape index (κ1) is 6.17. The third-order valence-electron chi connectivity index (χ3n) is 0.442. The summed E-state index contributed by atoms with van der Waals surface area (Å²) >= 11 is 0. The van der Waals surface area contributed by atoms with Crippen LogP contribution in [0.1, 0.15) is 13.3 Å². The van der Waals surface area contributed by atoms with Gasteiger partial charge in [-0.2, -0.15) is 25.0 Å². The van der Waals surface area contributed by atoms with Gasteiger partial charge in [-0.15, -0.1) is 0 Å². The second kappa shape index (κ2) is 3.36. The minimum atomic E-state index is 0.696. The summed E-state index contributed by atoms with van der Waals surface area (Å²) in [5.74, 6) is 5.58. The standard InChI is InChI=1S/C7H9/c1-4-5-6-7(2)3/h2-4H2,1H3/q-1. The maximum atomic E-state index is 3.51. The maximum absolute atomic E-state index is 3.51. The van der Waals surface area contributed by atoms with Crippen molar-refractivity contribution in [1.29, 1.82) is 0 Å². The van der Waals surface area contributed by atoms with Crippen molar-refractivity contribution >= 4 is 0 Å². The van der Waals surface area contributed by atoms with Crippen molar-refractivity contribution in [2.75, 3.05) is 0 Å². The van der Waals surface area contributed by atoms with Crippen LogP contribution in [0.4, 0.5) is 0 Å². The minimum absolute atomic E-state index is 0.696. The van der Waals surface area contributed by atoms with E-state index in [2.05, 4.69) is 25.3 Å². The van der Waals surface area contributed by atoms with E-state index in [1.54, 1.807) is 0 Å². The van der Waals surface area contributed by atoms with Crippen LogP contribution in [0, 0.1) is 18.8 Å². The molecule has 0 spiro atoms. The van der Waals surface area contributed by atoms with Gasteiger partial charge < -0.3 is 0 Å². The molecule has 0 heteroatoms. The van der Waals surface area contributed by atoms with Crippen LogP contribution in [0.15, 0.2) is 12.2 Å². The first-order chi connectivity index (χ1) is 3.27. The predicted octanol–water partition coefficient (Wildman–Crippen LogP) is 1.79. The van der Waals surface area contributed by atoms with E-state index in [1.165, 1.54) is 0 Å². The van der Waals surface area contributed by atoms with Gasteiger partial charge in [0.25, 0.3) is 0 Å². The molecule has 0 amide bonds. The normalized spacial score (nSPS) is 6.43. The Labute approximate surface area is 45.2 Å². The Morgan fingerprint density at radius 3 is 2.57 bits per heavy atom. The highest BCUT2D eigenvalue weighted by Crippen LogP contribution is 1.79. The highest BCUT2D eigenvalue weighted by molar-refractivity contribution is 5.27. The first-order valence-corrected chi connectivity index (χ1v) is 2.27. The zero-order valence-electron chi connectivity index (χ0n) is 4.62. The van der Waals surface area contributed by atoms with Crippen LogP contribution in [-0.4, -0.2) is 0 Å². The Morgan fingerprint density at radius 1 is 1.86 bits per heavy atom. The zero-order chi connectivity index (χ0) is 5.70. The Bertz CT molecular complexity index is 110. The zero-order valence-corrected chi connectivity index (χ0v) is 4.62. The molecule has 0 atom stereocenters. The fourth-order valence-electron chi connectivity index (χ4n) is 0.213. The lowest BCUT2D eigenvalue weighted by Gasteiger charge is -1.86. The third-order valence-corrected chi connectivity index (χ3v) is 0.442. The van der Waals surface area contributed by atoms with Crippen LogP contribution in [0.2, 0.25) is 0 Å². The highest BCUT2D eigenvalue weighted by atomic mass is 13.7. The average molecular weight is 93.1 g/mol. The summed E-state index contributed by atoms with van der Waals surface area (Å²) in [6, 6.07) is 0. The van der Waals surface area contributed by atoms with Crippen molar-refractivity contribution in [2.45, 2.75) is 13.3 Å². The van der Waals surface area contributed by atoms with Gasteiger partial charge in [0, 0.05) is 0 Å². The molecular weight excluding hydrogens is 84.1 g/mol. The second-order valence-corrected chi connectivity index (χ2v) is 1.26. The lowest BCUT2D eigenvalue weighted by Crippen LogP contribution is -1.60. The molecule has 0 N–H and O–H groups in total. The van der Waals surface area contributed by atoms with Gasteiger partial charge in [0.15, 0.2) is 0 Å². The molecule has 0 bridgehead atoms. The van der Waals surface area contributed by atoms with Crippen LogP contribution in [-0.2, 0) is 0 Å². The van der Waals surface area contributed by atoms with Gasteiger partial charge >= 0.3 is 0 Å². The second-order valence-electron chi connectivity index (χ2n) is 1.26. The number of hydrogen-bond donors (Lipinski definition) is 0. The molecule has 0 aliphatic heterocycles. The van der Waals surface area contributed by atoms with Crippen molar-refractivity contribution in [1.82, 2.24) is 0 Å². The van der Waals surface area contributed by atoms with Crippen molar-refractivity contribution in [2.24, 2.45) is 0 Å². The van der Waals surface area contributed by atoms with Gasteiger partial charge in [-0.1, -0.05) is 6.92 Å². The summed E-state index contributed by atoms with van der Waals surface area (Å²) in [5.41, 5.74) is 0.696. The molecule has 0 aliphatic rings. The molecular formula is C7H9-. The van der Waals surface area contributed by atoms with E-state index in [-0.39, 0.29) is 0 Å². The topological polar surface area (TPSA) is 0 Å². The van der Waals surface area contributed by atoms with Crippen LogP contribution < -0.4 is 0 Å². The molecule has 0 radical (unpaired) electrons. The molecule has 0 saturated carbocycles. The Kier molecular flexibility index (Phi) is 2.96. The fraction of sp³-hybridized carbons (Fsp3) is 0.286. The van der Waals surface area contributed by atoms with E-state index in [0.717, 1.165) is 6.42 Å². The maximum Gasteiger partial charge on any atom is -0.00729 e. The van der Waals surface area contributed by atoms with Crippen LogP contribution in [0.25, 0.3) is 0 Å². The van der Waals surface area contributed by atoms with E-state index in [1.807, 2.05) is 6.92 Å². The van der Waals surface area contributed by atoms with Gasteiger partial charge in [-0.05, 0) is 6.42 Å². The lowest BCUT2D eigenvalue weighted by molar-refractivity contribution is 1.28. The average Bonchev–Trinajstić information content (AvgIpc) is 1.61. The SMILES string of the molecule is C=C([CH2-])C#CCC. The lowest BCUT2D eigenvalue weighted by atomic mass is 10.3. The highest BCUT2D eigenvalue weighted by Gasteiger charge is 1.53. The number of allylic oxidation sites excluding steroid dienone is 1. The summed E-state index contributed by atoms with van der Waals surface area (Å²) in [5, 5.41) is 0. The van der Waals surface area contributed by atoms with Gasteiger partial charge in [-0.25, -0.2) is 5.92 Å². The predicted molar refractivity (Wildman–Crippen MR) is 32.6 cm³/mol. The Balaban J connectivity index is 3.45. The molecule has 0 fully saturated rings. The molecule has 0 nitrogen and oxygen atoms in total. The van der Waals surface area contributed by atoms with Gasteiger partial charge in [0.1, 0.15) is 0 Å². The monoisotopic (exact) mass is 93.1 g/mol.